The average molecular weight is 744 g/mol. The molecule has 2 heteroatoms. The lowest BCUT2D eigenvalue weighted by atomic mass is 9.68. The highest BCUT2D eigenvalue weighted by molar-refractivity contribution is 7.25. The molecule has 0 aliphatic heterocycles. The lowest BCUT2D eigenvalue weighted by Crippen LogP contribution is -2.28. The monoisotopic (exact) mass is 743 g/mol. The summed E-state index contributed by atoms with van der Waals surface area (Å²) >= 11 is 1.86. The second-order valence-electron chi connectivity index (χ2n) is 14.9. The molecule has 1 aromatic heterocycles. The van der Waals surface area contributed by atoms with Crippen molar-refractivity contribution < 1.29 is 0 Å². The van der Waals surface area contributed by atoms with Gasteiger partial charge in [0, 0.05) is 37.2 Å². The fourth-order valence-corrected chi connectivity index (χ4v) is 10.2. The molecule has 0 N–H and O–H groups in total. The Morgan fingerprint density at radius 3 is 1.39 bits per heavy atom. The van der Waals surface area contributed by atoms with Gasteiger partial charge in [0.2, 0.25) is 0 Å². The molecule has 0 spiro atoms. The molecule has 0 unspecified atom stereocenters. The van der Waals surface area contributed by atoms with Gasteiger partial charge in [-0.2, -0.15) is 0 Å². The first-order chi connectivity index (χ1) is 28.3. The van der Waals surface area contributed by atoms with Crippen molar-refractivity contribution >= 4 is 48.6 Å². The Hall–Kier alpha value is -7.00. The zero-order chi connectivity index (χ0) is 37.8. The van der Waals surface area contributed by atoms with Gasteiger partial charge < -0.3 is 4.90 Å². The molecule has 1 heterocycles. The fourth-order valence-electron chi connectivity index (χ4n) is 9.16. The highest BCUT2D eigenvalue weighted by atomic mass is 32.1. The predicted molar refractivity (Wildman–Crippen MR) is 242 cm³/mol. The Kier molecular flexibility index (Phi) is 7.98. The number of nitrogens with zero attached hydrogens (tertiary/aromatic N) is 1. The molecule has 0 bridgehead atoms. The van der Waals surface area contributed by atoms with Gasteiger partial charge in [-0.1, -0.05) is 170 Å². The number of thiophene rings is 1. The minimum atomic E-state index is -0.439. The molecule has 10 aromatic rings. The summed E-state index contributed by atoms with van der Waals surface area (Å²) in [5.74, 6) is 0. The van der Waals surface area contributed by atoms with E-state index < -0.39 is 5.41 Å². The lowest BCUT2D eigenvalue weighted by Gasteiger charge is -2.34. The van der Waals surface area contributed by atoms with Crippen molar-refractivity contribution in [1.82, 2.24) is 0 Å². The molecular formula is C55H37NS. The maximum Gasteiger partial charge on any atom is 0.0713 e. The second-order valence-corrected chi connectivity index (χ2v) is 15.9. The van der Waals surface area contributed by atoms with Crippen LogP contribution in [-0.2, 0) is 5.41 Å². The molecule has 0 radical (unpaired) electrons. The molecule has 0 atom stereocenters. The minimum Gasteiger partial charge on any atom is -0.311 e. The maximum atomic E-state index is 2.38. The summed E-state index contributed by atoms with van der Waals surface area (Å²) < 4.78 is 2.65. The van der Waals surface area contributed by atoms with Crippen LogP contribution < -0.4 is 4.90 Å². The van der Waals surface area contributed by atoms with Gasteiger partial charge in [0.15, 0.2) is 0 Å². The zero-order valence-electron chi connectivity index (χ0n) is 31.2. The van der Waals surface area contributed by atoms with Crippen LogP contribution in [0.4, 0.5) is 17.1 Å². The topological polar surface area (TPSA) is 3.24 Å². The SMILES string of the molecule is c1ccc(-c2ccc(N(c3ccc(-c4ccc5sc6ccccc6c5c4)cc3)c3ccc(C4(c5ccccc5)c5ccccc5-c5ccccc54)cc3)cc2)cc1. The number of rotatable bonds is 7. The Morgan fingerprint density at radius 1 is 0.316 bits per heavy atom. The van der Waals surface area contributed by atoms with Crippen LogP contribution in [0.2, 0.25) is 0 Å². The minimum absolute atomic E-state index is 0.439. The fraction of sp³-hybridized carbons (Fsp3) is 0.0182. The number of hydrogen-bond donors (Lipinski definition) is 0. The van der Waals surface area contributed by atoms with Gasteiger partial charge >= 0.3 is 0 Å². The van der Waals surface area contributed by atoms with Gasteiger partial charge in [-0.3, -0.25) is 0 Å². The smallest absolute Gasteiger partial charge is 0.0713 e. The molecule has 11 rings (SSSR count). The summed E-state index contributed by atoms with van der Waals surface area (Å²) in [5.41, 5.74) is 15.5. The number of benzene rings is 9. The first kappa shape index (κ1) is 33.3. The Balaban J connectivity index is 1.03. The summed E-state index contributed by atoms with van der Waals surface area (Å²) in [6.45, 7) is 0. The van der Waals surface area contributed by atoms with Crippen molar-refractivity contribution in [2.24, 2.45) is 0 Å². The average Bonchev–Trinajstić information content (AvgIpc) is 3.81. The van der Waals surface area contributed by atoms with E-state index in [1.165, 1.54) is 75.8 Å². The van der Waals surface area contributed by atoms with Crippen molar-refractivity contribution in [1.29, 1.82) is 0 Å². The van der Waals surface area contributed by atoms with E-state index in [0.717, 1.165) is 17.1 Å². The summed E-state index contributed by atoms with van der Waals surface area (Å²) in [6.07, 6.45) is 0. The van der Waals surface area contributed by atoms with E-state index >= 15 is 0 Å². The van der Waals surface area contributed by atoms with Crippen LogP contribution in [0, 0.1) is 0 Å². The van der Waals surface area contributed by atoms with E-state index in [1.807, 2.05) is 11.3 Å². The predicted octanol–water partition coefficient (Wildman–Crippen LogP) is 15.2. The van der Waals surface area contributed by atoms with Gasteiger partial charge in [0.25, 0.3) is 0 Å². The molecule has 57 heavy (non-hydrogen) atoms. The second kappa shape index (κ2) is 13.6. The van der Waals surface area contributed by atoms with Crippen molar-refractivity contribution in [3.63, 3.8) is 0 Å². The Morgan fingerprint density at radius 2 is 0.754 bits per heavy atom. The third-order valence-electron chi connectivity index (χ3n) is 11.8. The van der Waals surface area contributed by atoms with Crippen LogP contribution in [0.25, 0.3) is 53.6 Å². The van der Waals surface area contributed by atoms with Crippen LogP contribution in [0.15, 0.2) is 224 Å². The van der Waals surface area contributed by atoms with Crippen molar-refractivity contribution in [3.8, 4) is 33.4 Å². The van der Waals surface area contributed by atoms with Crippen molar-refractivity contribution in [3.05, 3.63) is 247 Å². The molecule has 1 aliphatic rings. The molecule has 1 aliphatic carbocycles. The third kappa shape index (κ3) is 5.44. The maximum absolute atomic E-state index is 2.38. The van der Waals surface area contributed by atoms with E-state index in [2.05, 4.69) is 229 Å². The third-order valence-corrected chi connectivity index (χ3v) is 12.9. The Bertz CT molecular complexity index is 2990. The summed E-state index contributed by atoms with van der Waals surface area (Å²) in [6, 6.07) is 82.4. The summed E-state index contributed by atoms with van der Waals surface area (Å²) in [5, 5.41) is 2.64. The lowest BCUT2D eigenvalue weighted by molar-refractivity contribution is 0.768. The standard InChI is InChI=1S/C55H37NS/c1-3-13-38(14-4-1)39-23-30-44(31-24-39)56(45-32-25-40(26-33-45)41-27-36-54-50(37-41)49-19-9-12-22-53(49)57-54)46-34-28-43(29-35-46)55(42-15-5-2-6-16-42)51-20-10-7-17-47(51)48-18-8-11-21-52(48)55/h1-37H. The van der Waals surface area contributed by atoms with Gasteiger partial charge in [-0.15, -0.1) is 11.3 Å². The van der Waals surface area contributed by atoms with Crippen LogP contribution in [0.1, 0.15) is 22.3 Å². The zero-order valence-corrected chi connectivity index (χ0v) is 32.0. The quantitative estimate of drug-likeness (QED) is 0.157. The molecule has 0 saturated heterocycles. The number of hydrogen-bond acceptors (Lipinski definition) is 2. The Labute approximate surface area is 337 Å². The molecule has 268 valence electrons. The highest BCUT2D eigenvalue weighted by Gasteiger charge is 2.45. The summed E-state index contributed by atoms with van der Waals surface area (Å²) in [4.78, 5) is 2.38. The molecule has 1 nitrogen and oxygen atoms in total. The molecule has 0 amide bonds. The van der Waals surface area contributed by atoms with Gasteiger partial charge in [0.1, 0.15) is 0 Å². The van der Waals surface area contributed by atoms with E-state index in [9.17, 15) is 0 Å². The molecule has 0 fully saturated rings. The molecule has 0 saturated carbocycles. The van der Waals surface area contributed by atoms with Crippen LogP contribution in [0.5, 0.6) is 0 Å². The van der Waals surface area contributed by atoms with E-state index in [-0.39, 0.29) is 0 Å². The normalized spacial score (nSPS) is 12.7. The molecule has 9 aromatic carbocycles. The highest BCUT2D eigenvalue weighted by Crippen LogP contribution is 2.56. The van der Waals surface area contributed by atoms with Crippen LogP contribution in [-0.4, -0.2) is 0 Å². The first-order valence-electron chi connectivity index (χ1n) is 19.6. The molecular weight excluding hydrogens is 707 g/mol. The summed E-state index contributed by atoms with van der Waals surface area (Å²) in [7, 11) is 0. The van der Waals surface area contributed by atoms with Crippen LogP contribution >= 0.6 is 11.3 Å². The van der Waals surface area contributed by atoms with Crippen molar-refractivity contribution in [2.75, 3.05) is 4.90 Å². The van der Waals surface area contributed by atoms with Gasteiger partial charge in [0.05, 0.1) is 5.41 Å². The van der Waals surface area contributed by atoms with E-state index in [4.69, 9.17) is 0 Å². The van der Waals surface area contributed by atoms with E-state index in [0.29, 0.717) is 0 Å². The van der Waals surface area contributed by atoms with Gasteiger partial charge in [-0.05, 0) is 110 Å². The number of fused-ring (bicyclic) bond motifs is 6. The largest absolute Gasteiger partial charge is 0.311 e. The van der Waals surface area contributed by atoms with Crippen molar-refractivity contribution in [2.45, 2.75) is 5.41 Å². The van der Waals surface area contributed by atoms with Gasteiger partial charge in [-0.25, -0.2) is 0 Å². The van der Waals surface area contributed by atoms with E-state index in [1.54, 1.807) is 0 Å². The van der Waals surface area contributed by atoms with Crippen LogP contribution in [0.3, 0.4) is 0 Å². The first-order valence-corrected chi connectivity index (χ1v) is 20.4. The number of anilines is 3.